The van der Waals surface area contributed by atoms with Crippen molar-refractivity contribution < 1.29 is 4.79 Å². The molecule has 136 valence electrons. The maximum Gasteiger partial charge on any atom is 0.167 e. The molecule has 0 amide bonds. The van der Waals surface area contributed by atoms with E-state index in [-0.39, 0.29) is 11.2 Å². The third-order valence-corrected chi connectivity index (χ3v) is 6.12. The molecule has 0 aliphatic carbocycles. The van der Waals surface area contributed by atoms with E-state index in [0.717, 1.165) is 27.3 Å². The molecule has 0 saturated heterocycles. The molecule has 2 heterocycles. The van der Waals surface area contributed by atoms with Crippen molar-refractivity contribution in [3.63, 3.8) is 0 Å². The summed E-state index contributed by atoms with van der Waals surface area (Å²) < 4.78 is 0. The van der Waals surface area contributed by atoms with Gasteiger partial charge in [-0.1, -0.05) is 62.0 Å². The van der Waals surface area contributed by atoms with E-state index in [9.17, 15) is 4.79 Å². The minimum Gasteiger partial charge on any atom is -0.347 e. The molecule has 27 heavy (non-hydrogen) atoms. The fourth-order valence-corrected chi connectivity index (χ4v) is 4.50. The first-order valence-electron chi connectivity index (χ1n) is 8.89. The highest BCUT2D eigenvalue weighted by Gasteiger charge is 2.38. The Hall–Kier alpha value is -2.66. The highest BCUT2D eigenvalue weighted by Crippen LogP contribution is 2.46. The molecular weight excluding hydrogens is 354 g/mol. The second-order valence-electron chi connectivity index (χ2n) is 7.18. The minimum atomic E-state index is -0.187. The van der Waals surface area contributed by atoms with E-state index in [2.05, 4.69) is 46.9 Å². The monoisotopic (exact) mass is 375 g/mol. The number of para-hydroxylation sites is 2. The molecule has 0 radical (unpaired) electrons. The Kier molecular flexibility index (Phi) is 4.48. The molecule has 0 fully saturated rings. The van der Waals surface area contributed by atoms with Gasteiger partial charge in [0.2, 0.25) is 0 Å². The van der Waals surface area contributed by atoms with Gasteiger partial charge < -0.3 is 4.90 Å². The molecule has 4 rings (SSSR count). The average molecular weight is 375 g/mol. The number of fused-ring (bicyclic) bond motifs is 2. The molecule has 4 nitrogen and oxygen atoms in total. The molecule has 1 aliphatic heterocycles. The highest BCUT2D eigenvalue weighted by atomic mass is 32.2. The molecule has 0 unspecified atom stereocenters. The molecule has 0 spiro atoms. The Morgan fingerprint density at radius 2 is 1.85 bits per heavy atom. The van der Waals surface area contributed by atoms with E-state index in [1.165, 1.54) is 17.3 Å². The van der Waals surface area contributed by atoms with Crippen molar-refractivity contribution in [3.8, 4) is 0 Å². The van der Waals surface area contributed by atoms with Gasteiger partial charge in [-0.05, 0) is 17.7 Å². The molecule has 0 atom stereocenters. The lowest BCUT2D eigenvalue weighted by molar-refractivity contribution is -0.112. The normalized spacial score (nSPS) is 16.7. The van der Waals surface area contributed by atoms with Crippen LogP contribution in [0.15, 0.2) is 71.7 Å². The van der Waals surface area contributed by atoms with Crippen molar-refractivity contribution in [2.75, 3.05) is 17.7 Å². The molecule has 0 bridgehead atoms. The lowest BCUT2D eigenvalue weighted by atomic mass is 9.83. The highest BCUT2D eigenvalue weighted by molar-refractivity contribution is 8.00. The number of anilines is 1. The van der Waals surface area contributed by atoms with Gasteiger partial charge in [-0.3, -0.25) is 4.79 Å². The number of likely N-dealkylation sites (N-methyl/N-ethyl adjacent to an activating group) is 1. The zero-order valence-electron chi connectivity index (χ0n) is 15.6. The van der Waals surface area contributed by atoms with Crippen LogP contribution >= 0.6 is 11.8 Å². The Bertz CT molecular complexity index is 1050. The second-order valence-corrected chi connectivity index (χ2v) is 8.15. The molecule has 1 aliphatic rings. The van der Waals surface area contributed by atoms with Gasteiger partial charge >= 0.3 is 0 Å². The minimum absolute atomic E-state index is 0.0884. The summed E-state index contributed by atoms with van der Waals surface area (Å²) in [6.07, 6.45) is 3.34. The average Bonchev–Trinajstić information content (AvgIpc) is 2.87. The van der Waals surface area contributed by atoms with Crippen LogP contribution in [0.3, 0.4) is 0 Å². The number of carbonyl (C=O) groups excluding carboxylic acids is 1. The Morgan fingerprint density at radius 1 is 1.11 bits per heavy atom. The number of hydrogen-bond acceptors (Lipinski definition) is 5. The fourth-order valence-electron chi connectivity index (χ4n) is 3.69. The zero-order chi connectivity index (χ0) is 19.0. The van der Waals surface area contributed by atoms with Crippen LogP contribution in [0.4, 0.5) is 5.69 Å². The number of carbonyl (C=O) groups is 1. The molecule has 1 aromatic heterocycles. The smallest absolute Gasteiger partial charge is 0.167 e. The van der Waals surface area contributed by atoms with Crippen LogP contribution in [-0.4, -0.2) is 28.6 Å². The number of thioether (sulfide) groups is 1. The van der Waals surface area contributed by atoms with Gasteiger partial charge in [-0.25, -0.2) is 9.97 Å². The number of nitrogens with zero attached hydrogens (tertiary/aromatic N) is 3. The van der Waals surface area contributed by atoms with E-state index >= 15 is 0 Å². The summed E-state index contributed by atoms with van der Waals surface area (Å²) in [6, 6.07) is 16.2. The van der Waals surface area contributed by atoms with Crippen LogP contribution in [-0.2, 0) is 10.2 Å². The van der Waals surface area contributed by atoms with Crippen molar-refractivity contribution in [2.45, 2.75) is 24.3 Å². The number of allylic oxidation sites excluding steroid dienone is 2. The molecule has 3 aromatic rings. The second kappa shape index (κ2) is 6.82. The largest absolute Gasteiger partial charge is 0.347 e. The van der Waals surface area contributed by atoms with Crippen LogP contribution in [0.1, 0.15) is 19.4 Å². The van der Waals surface area contributed by atoms with Gasteiger partial charge in [0.05, 0.1) is 11.3 Å². The van der Waals surface area contributed by atoms with Crippen LogP contribution < -0.4 is 4.90 Å². The number of hydrogen-bond donors (Lipinski definition) is 0. The number of rotatable bonds is 4. The van der Waals surface area contributed by atoms with E-state index in [4.69, 9.17) is 0 Å². The topological polar surface area (TPSA) is 46.1 Å². The predicted molar refractivity (Wildman–Crippen MR) is 111 cm³/mol. The maximum atomic E-state index is 12.7. The lowest BCUT2D eigenvalue weighted by Gasteiger charge is -2.23. The Labute approximate surface area is 163 Å². The van der Waals surface area contributed by atoms with Crippen LogP contribution in [0.5, 0.6) is 0 Å². The number of benzene rings is 2. The van der Waals surface area contributed by atoms with Gasteiger partial charge in [0.25, 0.3) is 0 Å². The lowest BCUT2D eigenvalue weighted by Crippen LogP contribution is -2.24. The van der Waals surface area contributed by atoms with Crippen molar-refractivity contribution in [1.82, 2.24) is 9.97 Å². The summed E-state index contributed by atoms with van der Waals surface area (Å²) in [5.74, 6) is 0.440. The van der Waals surface area contributed by atoms with Crippen molar-refractivity contribution in [2.24, 2.45) is 0 Å². The standard InChI is InChI=1S/C22H21N3OS/c1-22(2)17-9-5-7-11-19(17)25(3)20(22)12-15(26)13-27-21-16-8-4-6-10-18(16)23-14-24-21/h4-12,14H,13H2,1-3H3/b20-12+. The van der Waals surface area contributed by atoms with Gasteiger partial charge in [0.1, 0.15) is 11.4 Å². The fraction of sp³-hybridized carbons (Fsp3) is 0.227. The Balaban J connectivity index is 1.56. The van der Waals surface area contributed by atoms with E-state index in [0.29, 0.717) is 5.75 Å². The molecule has 0 N–H and O–H groups in total. The van der Waals surface area contributed by atoms with Gasteiger partial charge in [0.15, 0.2) is 5.78 Å². The predicted octanol–water partition coefficient (Wildman–Crippen LogP) is 4.60. The summed E-state index contributed by atoms with van der Waals surface area (Å²) in [6.45, 7) is 4.33. The van der Waals surface area contributed by atoms with E-state index in [1.807, 2.05) is 37.4 Å². The first kappa shape index (κ1) is 17.7. The van der Waals surface area contributed by atoms with Crippen LogP contribution in [0.25, 0.3) is 10.9 Å². The summed E-state index contributed by atoms with van der Waals surface area (Å²) in [4.78, 5) is 23.5. The van der Waals surface area contributed by atoms with Crippen molar-refractivity contribution >= 4 is 34.1 Å². The number of ketones is 1. The van der Waals surface area contributed by atoms with Gasteiger partial charge in [-0.2, -0.15) is 0 Å². The van der Waals surface area contributed by atoms with E-state index in [1.54, 1.807) is 12.4 Å². The summed E-state index contributed by atoms with van der Waals surface area (Å²) >= 11 is 1.46. The van der Waals surface area contributed by atoms with Gasteiger partial charge in [-0.15, -0.1) is 0 Å². The third kappa shape index (κ3) is 3.12. The molecule has 0 saturated carbocycles. The summed E-state index contributed by atoms with van der Waals surface area (Å²) in [5.41, 5.74) is 4.15. The first-order valence-corrected chi connectivity index (χ1v) is 9.88. The third-order valence-electron chi connectivity index (χ3n) is 5.10. The summed E-state index contributed by atoms with van der Waals surface area (Å²) in [7, 11) is 2.03. The quantitative estimate of drug-likeness (QED) is 0.379. The first-order chi connectivity index (χ1) is 13.0. The molecule has 2 aromatic carbocycles. The molecular formula is C22H21N3OS. The van der Waals surface area contributed by atoms with Crippen molar-refractivity contribution in [1.29, 1.82) is 0 Å². The molecule has 5 heteroatoms. The maximum absolute atomic E-state index is 12.7. The zero-order valence-corrected chi connectivity index (χ0v) is 16.5. The Morgan fingerprint density at radius 3 is 2.67 bits per heavy atom. The van der Waals surface area contributed by atoms with Gasteiger partial charge in [0, 0.05) is 35.3 Å². The van der Waals surface area contributed by atoms with Crippen molar-refractivity contribution in [3.05, 3.63) is 72.2 Å². The van der Waals surface area contributed by atoms with Crippen LogP contribution in [0.2, 0.25) is 0 Å². The summed E-state index contributed by atoms with van der Waals surface area (Å²) in [5, 5.41) is 1.82. The van der Waals surface area contributed by atoms with E-state index < -0.39 is 0 Å². The van der Waals surface area contributed by atoms with Crippen LogP contribution in [0, 0.1) is 0 Å². The SMILES string of the molecule is CN1/C(=C/C(=O)CSc2ncnc3ccccc23)C(C)(C)c2ccccc21. The number of aromatic nitrogens is 2.